The van der Waals surface area contributed by atoms with Crippen molar-refractivity contribution < 1.29 is 13.6 Å². The van der Waals surface area contributed by atoms with E-state index in [1.165, 1.54) is 23.5 Å². The number of fused-ring (bicyclic) bond motifs is 2. The predicted octanol–water partition coefficient (Wildman–Crippen LogP) is 4.67. The number of nitrogens with zero attached hydrogens (tertiary/aromatic N) is 3. The van der Waals surface area contributed by atoms with Gasteiger partial charge in [0.2, 0.25) is 5.13 Å². The van der Waals surface area contributed by atoms with Crippen LogP contribution in [0.4, 0.5) is 8.78 Å². The maximum absolute atomic E-state index is 13.6. The summed E-state index contributed by atoms with van der Waals surface area (Å²) in [6.45, 7) is 0. The molecule has 0 saturated heterocycles. The molecule has 2 aromatic carbocycles. The van der Waals surface area contributed by atoms with Crippen molar-refractivity contribution in [1.82, 2.24) is 14.8 Å². The SMILES string of the molecule is O=C1C[C@H](c2cc(F)cc(F)c2)Cc2c1cnn2-c1nc2ccccc2s1. The second kappa shape index (κ2) is 6.06. The quantitative estimate of drug-likeness (QED) is 0.507. The van der Waals surface area contributed by atoms with Crippen molar-refractivity contribution in [2.75, 3.05) is 0 Å². The molecule has 0 saturated carbocycles. The number of Topliss-reactive ketones (excluding diaryl/α,β-unsaturated/α-hetero) is 1. The summed E-state index contributed by atoms with van der Waals surface area (Å²) in [6.07, 6.45) is 2.24. The van der Waals surface area contributed by atoms with Gasteiger partial charge in [-0.2, -0.15) is 5.10 Å². The van der Waals surface area contributed by atoms with Crippen molar-refractivity contribution in [3.8, 4) is 5.13 Å². The van der Waals surface area contributed by atoms with Gasteiger partial charge in [0, 0.05) is 12.5 Å². The molecule has 1 atom stereocenters. The Kier molecular flexibility index (Phi) is 3.65. The predicted molar refractivity (Wildman–Crippen MR) is 98.5 cm³/mol. The van der Waals surface area contributed by atoms with Gasteiger partial charge in [0.05, 0.1) is 27.7 Å². The zero-order chi connectivity index (χ0) is 18.5. The normalized spacial score (nSPS) is 16.7. The van der Waals surface area contributed by atoms with Crippen LogP contribution in [0.15, 0.2) is 48.7 Å². The second-order valence-electron chi connectivity index (χ2n) is 6.61. The molecular formula is C20H13F2N3OS. The summed E-state index contributed by atoms with van der Waals surface area (Å²) in [5.41, 5.74) is 2.65. The fourth-order valence-corrected chi connectivity index (χ4v) is 4.55. The number of aromatic nitrogens is 3. The first-order chi connectivity index (χ1) is 13.1. The van der Waals surface area contributed by atoms with Crippen molar-refractivity contribution >= 4 is 27.3 Å². The molecule has 1 aliphatic rings. The van der Waals surface area contributed by atoms with Gasteiger partial charge in [0.15, 0.2) is 5.78 Å². The molecular weight excluding hydrogens is 368 g/mol. The van der Waals surface area contributed by atoms with Gasteiger partial charge in [-0.15, -0.1) is 0 Å². The van der Waals surface area contributed by atoms with Crippen LogP contribution in [0, 0.1) is 11.6 Å². The van der Waals surface area contributed by atoms with Crippen molar-refractivity contribution in [2.24, 2.45) is 0 Å². The Morgan fingerprint density at radius 3 is 2.63 bits per heavy atom. The van der Waals surface area contributed by atoms with Gasteiger partial charge >= 0.3 is 0 Å². The highest BCUT2D eigenvalue weighted by molar-refractivity contribution is 7.20. The molecule has 1 aliphatic carbocycles. The lowest BCUT2D eigenvalue weighted by molar-refractivity contribution is 0.0963. The molecule has 0 fully saturated rings. The minimum Gasteiger partial charge on any atom is -0.294 e. The standard InChI is InChI=1S/C20H13F2N3OS/c21-13-5-11(6-14(22)9-13)12-7-17-15(18(26)8-12)10-23-25(17)20-24-16-3-1-2-4-19(16)27-20/h1-6,9-10,12H,7-8H2/t12-/m1/s1. The van der Waals surface area contributed by atoms with Gasteiger partial charge in [-0.1, -0.05) is 23.5 Å². The van der Waals surface area contributed by atoms with Crippen LogP contribution >= 0.6 is 11.3 Å². The van der Waals surface area contributed by atoms with Crippen LogP contribution in [0.25, 0.3) is 15.3 Å². The Labute approximate surface area is 157 Å². The average Bonchev–Trinajstić information content (AvgIpc) is 3.24. The fourth-order valence-electron chi connectivity index (χ4n) is 3.60. The van der Waals surface area contributed by atoms with E-state index in [1.54, 1.807) is 10.9 Å². The van der Waals surface area contributed by atoms with Crippen molar-refractivity contribution in [2.45, 2.75) is 18.8 Å². The number of thiazole rings is 1. The van der Waals surface area contributed by atoms with Gasteiger partial charge in [0.25, 0.3) is 0 Å². The number of hydrogen-bond acceptors (Lipinski definition) is 4. The number of halogens is 2. The van der Waals surface area contributed by atoms with E-state index in [-0.39, 0.29) is 18.1 Å². The number of benzene rings is 2. The third kappa shape index (κ3) is 2.75. The van der Waals surface area contributed by atoms with E-state index in [4.69, 9.17) is 0 Å². The van der Waals surface area contributed by atoms with Gasteiger partial charge < -0.3 is 0 Å². The minimum atomic E-state index is -0.636. The van der Waals surface area contributed by atoms with Crippen LogP contribution in [-0.4, -0.2) is 20.5 Å². The summed E-state index contributed by atoms with van der Waals surface area (Å²) >= 11 is 1.49. The molecule has 2 heterocycles. The topological polar surface area (TPSA) is 47.8 Å². The largest absolute Gasteiger partial charge is 0.294 e. The maximum atomic E-state index is 13.6. The van der Waals surface area contributed by atoms with E-state index in [0.29, 0.717) is 22.7 Å². The molecule has 0 radical (unpaired) electrons. The molecule has 0 unspecified atom stereocenters. The Hall–Kier alpha value is -2.93. The van der Waals surface area contributed by atoms with E-state index < -0.39 is 11.6 Å². The van der Waals surface area contributed by atoms with Crippen LogP contribution in [-0.2, 0) is 6.42 Å². The molecule has 0 bridgehead atoms. The van der Waals surface area contributed by atoms with Gasteiger partial charge in [-0.05, 0) is 42.2 Å². The number of hydrogen-bond donors (Lipinski definition) is 0. The smallest absolute Gasteiger partial charge is 0.211 e. The van der Waals surface area contributed by atoms with Crippen molar-refractivity contribution in [3.63, 3.8) is 0 Å². The summed E-state index contributed by atoms with van der Waals surface area (Å²) in [4.78, 5) is 17.2. The van der Waals surface area contributed by atoms with Crippen LogP contribution in [0.3, 0.4) is 0 Å². The van der Waals surface area contributed by atoms with E-state index in [1.807, 2.05) is 24.3 Å². The molecule has 7 heteroatoms. The highest BCUT2D eigenvalue weighted by atomic mass is 32.1. The number of rotatable bonds is 2. The van der Waals surface area contributed by atoms with Crippen LogP contribution in [0.5, 0.6) is 0 Å². The number of para-hydroxylation sites is 1. The van der Waals surface area contributed by atoms with E-state index in [2.05, 4.69) is 10.1 Å². The summed E-state index contributed by atoms with van der Waals surface area (Å²) < 4.78 is 30.0. The zero-order valence-corrected chi connectivity index (χ0v) is 14.8. The van der Waals surface area contributed by atoms with E-state index in [0.717, 1.165) is 22.0 Å². The summed E-state index contributed by atoms with van der Waals surface area (Å²) in [6, 6.07) is 11.2. The van der Waals surface area contributed by atoms with Crippen LogP contribution in [0.1, 0.15) is 34.0 Å². The third-order valence-electron chi connectivity index (χ3n) is 4.86. The Bertz CT molecular complexity index is 1140. The van der Waals surface area contributed by atoms with Crippen LogP contribution < -0.4 is 0 Å². The van der Waals surface area contributed by atoms with E-state index in [9.17, 15) is 13.6 Å². The van der Waals surface area contributed by atoms with Crippen LogP contribution in [0.2, 0.25) is 0 Å². The highest BCUT2D eigenvalue weighted by Crippen LogP contribution is 2.35. The van der Waals surface area contributed by atoms with E-state index >= 15 is 0 Å². The summed E-state index contributed by atoms with van der Waals surface area (Å²) in [5.74, 6) is -1.64. The van der Waals surface area contributed by atoms with Gasteiger partial charge in [0.1, 0.15) is 11.6 Å². The van der Waals surface area contributed by atoms with Crippen molar-refractivity contribution in [3.05, 3.63) is 77.1 Å². The molecule has 2 aromatic heterocycles. The Balaban J connectivity index is 1.58. The number of ketones is 1. The maximum Gasteiger partial charge on any atom is 0.211 e. The molecule has 4 nitrogen and oxygen atoms in total. The Morgan fingerprint density at radius 1 is 1.07 bits per heavy atom. The second-order valence-corrected chi connectivity index (χ2v) is 7.62. The molecule has 0 aliphatic heterocycles. The molecule has 4 aromatic rings. The third-order valence-corrected chi connectivity index (χ3v) is 5.87. The summed E-state index contributed by atoms with van der Waals surface area (Å²) in [5, 5.41) is 5.05. The minimum absolute atomic E-state index is 0.0710. The molecule has 134 valence electrons. The molecule has 0 N–H and O–H groups in total. The number of carbonyl (C=O) groups is 1. The highest BCUT2D eigenvalue weighted by Gasteiger charge is 2.31. The zero-order valence-electron chi connectivity index (χ0n) is 14.0. The first-order valence-corrected chi connectivity index (χ1v) is 9.32. The Morgan fingerprint density at radius 2 is 1.85 bits per heavy atom. The summed E-state index contributed by atoms with van der Waals surface area (Å²) in [7, 11) is 0. The lowest BCUT2D eigenvalue weighted by Crippen LogP contribution is -2.20. The lowest BCUT2D eigenvalue weighted by Gasteiger charge is -2.22. The van der Waals surface area contributed by atoms with Gasteiger partial charge in [-0.25, -0.2) is 18.4 Å². The molecule has 0 amide bonds. The lowest BCUT2D eigenvalue weighted by atomic mass is 9.82. The number of carbonyl (C=O) groups excluding carboxylic acids is 1. The fraction of sp³-hybridized carbons (Fsp3) is 0.150. The molecule has 27 heavy (non-hydrogen) atoms. The molecule has 0 spiro atoms. The average molecular weight is 381 g/mol. The monoisotopic (exact) mass is 381 g/mol. The van der Waals surface area contributed by atoms with Gasteiger partial charge in [-0.3, -0.25) is 4.79 Å². The van der Waals surface area contributed by atoms with Crippen molar-refractivity contribution in [1.29, 1.82) is 0 Å². The first kappa shape index (κ1) is 16.3. The molecule has 5 rings (SSSR count). The first-order valence-electron chi connectivity index (χ1n) is 8.50.